The molecule has 3 aliphatic heterocycles. The summed E-state index contributed by atoms with van der Waals surface area (Å²) in [4.78, 5) is 20.4. The molecule has 0 aliphatic carbocycles. The summed E-state index contributed by atoms with van der Waals surface area (Å²) >= 11 is 0. The van der Waals surface area contributed by atoms with E-state index in [0.717, 1.165) is 31.9 Å². The van der Waals surface area contributed by atoms with Crippen molar-refractivity contribution in [3.63, 3.8) is 0 Å². The van der Waals surface area contributed by atoms with Crippen LogP contribution in [0.2, 0.25) is 0 Å². The molecule has 3 fully saturated rings. The van der Waals surface area contributed by atoms with Gasteiger partial charge in [-0.15, -0.1) is 0 Å². The van der Waals surface area contributed by atoms with E-state index in [4.69, 9.17) is 4.74 Å². The molecule has 5 rings (SSSR count). The van der Waals surface area contributed by atoms with E-state index < -0.39 is 0 Å². The molecule has 2 bridgehead atoms. The number of benzene rings is 1. The van der Waals surface area contributed by atoms with Crippen LogP contribution in [-0.4, -0.2) is 47.6 Å². The van der Waals surface area contributed by atoms with Crippen LogP contribution in [0.25, 0.3) is 0 Å². The van der Waals surface area contributed by atoms with Crippen molar-refractivity contribution in [2.45, 2.75) is 32.0 Å². The molecule has 1 aromatic heterocycles. The van der Waals surface area contributed by atoms with Gasteiger partial charge in [0.05, 0.1) is 7.11 Å². The number of hydrogen-bond acceptors (Lipinski definition) is 4. The Hall–Kier alpha value is -2.11. The minimum Gasteiger partial charge on any atom is -0.491 e. The number of aromatic nitrogens is 1. The van der Waals surface area contributed by atoms with Crippen molar-refractivity contribution in [3.05, 3.63) is 64.1 Å². The van der Waals surface area contributed by atoms with Gasteiger partial charge < -0.3 is 9.72 Å². The first-order chi connectivity index (χ1) is 12.7. The second-order valence-electron chi connectivity index (χ2n) is 7.60. The maximum absolute atomic E-state index is 12.0. The number of methoxy groups -OCH3 is 1. The van der Waals surface area contributed by atoms with Crippen LogP contribution in [0.3, 0.4) is 0 Å². The van der Waals surface area contributed by atoms with Gasteiger partial charge >= 0.3 is 0 Å². The van der Waals surface area contributed by atoms with Crippen LogP contribution in [0.1, 0.15) is 24.1 Å². The molecule has 0 unspecified atom stereocenters. The van der Waals surface area contributed by atoms with E-state index in [1.807, 2.05) is 0 Å². The molecule has 3 saturated heterocycles. The van der Waals surface area contributed by atoms with Crippen molar-refractivity contribution in [2.75, 3.05) is 26.7 Å². The third-order valence-electron chi connectivity index (χ3n) is 5.68. The molecular formula is C21H27N3O2. The zero-order valence-electron chi connectivity index (χ0n) is 15.4. The lowest BCUT2D eigenvalue weighted by Gasteiger charge is -2.36. The van der Waals surface area contributed by atoms with Crippen LogP contribution in [-0.2, 0) is 13.1 Å². The summed E-state index contributed by atoms with van der Waals surface area (Å²) in [6.45, 7) is 5.22. The summed E-state index contributed by atoms with van der Waals surface area (Å²) < 4.78 is 5.07. The Labute approximate surface area is 154 Å². The van der Waals surface area contributed by atoms with Crippen LogP contribution in [0.5, 0.6) is 5.75 Å². The Kier molecular flexibility index (Phi) is 5.09. The quantitative estimate of drug-likeness (QED) is 0.897. The fraction of sp³-hybridized carbons (Fsp3) is 0.476. The van der Waals surface area contributed by atoms with Gasteiger partial charge in [-0.05, 0) is 24.3 Å². The van der Waals surface area contributed by atoms with Crippen LogP contribution in [0, 0.1) is 5.92 Å². The molecule has 0 spiro atoms. The lowest BCUT2D eigenvalue weighted by Crippen LogP contribution is -2.43. The van der Waals surface area contributed by atoms with Gasteiger partial charge in [-0.2, -0.15) is 0 Å². The molecule has 5 nitrogen and oxygen atoms in total. The number of hydrogen-bond donors (Lipinski definition) is 1. The number of ether oxygens (including phenoxy) is 1. The first-order valence-electron chi connectivity index (χ1n) is 9.47. The predicted molar refractivity (Wildman–Crippen MR) is 102 cm³/mol. The zero-order valence-corrected chi connectivity index (χ0v) is 15.4. The molecule has 4 heterocycles. The molecule has 0 radical (unpaired) electrons. The maximum Gasteiger partial charge on any atom is 0.223 e. The van der Waals surface area contributed by atoms with Gasteiger partial charge in [-0.1, -0.05) is 30.3 Å². The number of nitrogens with zero attached hydrogens (tertiary/aromatic N) is 2. The lowest BCUT2D eigenvalue weighted by molar-refractivity contribution is 0.121. The SMILES string of the molecule is COc1c[nH]c(CN2C[C@H]3CC[C@@H]2CN(Cc2ccccc2)C3)cc1=O. The average molecular weight is 353 g/mol. The highest BCUT2D eigenvalue weighted by molar-refractivity contribution is 5.20. The fourth-order valence-corrected chi connectivity index (χ4v) is 4.41. The number of H-pyrrole nitrogens is 1. The third kappa shape index (κ3) is 3.84. The van der Waals surface area contributed by atoms with Gasteiger partial charge in [0.1, 0.15) is 0 Å². The zero-order chi connectivity index (χ0) is 17.9. The molecule has 1 aromatic carbocycles. The molecule has 2 aromatic rings. The van der Waals surface area contributed by atoms with Crippen molar-refractivity contribution in [2.24, 2.45) is 5.92 Å². The standard InChI is InChI=1S/C21H27N3O2/c1-26-21-10-22-18(9-20(21)25)14-24-13-17-7-8-19(24)15-23(12-17)11-16-5-3-2-4-6-16/h2-6,9-10,17,19H,7-8,11-15H2,1H3,(H,22,25)/t17-,19+/m0/s1. The van der Waals surface area contributed by atoms with Crippen LogP contribution < -0.4 is 10.2 Å². The van der Waals surface area contributed by atoms with E-state index in [2.05, 4.69) is 45.1 Å². The topological polar surface area (TPSA) is 48.6 Å². The van der Waals surface area contributed by atoms with Gasteiger partial charge in [-0.3, -0.25) is 14.6 Å². The highest BCUT2D eigenvalue weighted by Crippen LogP contribution is 2.29. The van der Waals surface area contributed by atoms with Crippen molar-refractivity contribution in [1.82, 2.24) is 14.8 Å². The highest BCUT2D eigenvalue weighted by atomic mass is 16.5. The molecule has 3 aliphatic rings. The number of rotatable bonds is 5. The molecule has 5 heteroatoms. The lowest BCUT2D eigenvalue weighted by atomic mass is 9.95. The van der Waals surface area contributed by atoms with Crippen molar-refractivity contribution < 1.29 is 4.74 Å². The van der Waals surface area contributed by atoms with Crippen LogP contribution in [0.15, 0.2) is 47.4 Å². The predicted octanol–water partition coefficient (Wildman–Crippen LogP) is 2.48. The average Bonchev–Trinajstić information content (AvgIpc) is 2.93. The van der Waals surface area contributed by atoms with Crippen molar-refractivity contribution in [3.8, 4) is 5.75 Å². The third-order valence-corrected chi connectivity index (χ3v) is 5.68. The van der Waals surface area contributed by atoms with Crippen molar-refractivity contribution >= 4 is 0 Å². The maximum atomic E-state index is 12.0. The molecule has 26 heavy (non-hydrogen) atoms. The summed E-state index contributed by atoms with van der Waals surface area (Å²) in [6.07, 6.45) is 4.23. The van der Waals surface area contributed by atoms with Gasteiger partial charge in [-0.25, -0.2) is 0 Å². The summed E-state index contributed by atoms with van der Waals surface area (Å²) in [5, 5.41) is 0. The van der Waals surface area contributed by atoms with E-state index in [-0.39, 0.29) is 5.43 Å². The summed E-state index contributed by atoms with van der Waals surface area (Å²) in [5.74, 6) is 1.09. The van der Waals surface area contributed by atoms with E-state index >= 15 is 0 Å². The first-order valence-corrected chi connectivity index (χ1v) is 9.47. The Morgan fingerprint density at radius 2 is 1.96 bits per heavy atom. The van der Waals surface area contributed by atoms with Gasteiger partial charge in [0.25, 0.3) is 0 Å². The second kappa shape index (κ2) is 7.64. The van der Waals surface area contributed by atoms with E-state index in [1.54, 1.807) is 12.3 Å². The fourth-order valence-electron chi connectivity index (χ4n) is 4.41. The van der Waals surface area contributed by atoms with Gasteiger partial charge in [0.15, 0.2) is 5.75 Å². The Morgan fingerprint density at radius 1 is 1.12 bits per heavy atom. The van der Waals surface area contributed by atoms with E-state index in [9.17, 15) is 4.79 Å². The van der Waals surface area contributed by atoms with E-state index in [1.165, 1.54) is 32.1 Å². The number of piperidine rings is 1. The smallest absolute Gasteiger partial charge is 0.223 e. The highest BCUT2D eigenvalue weighted by Gasteiger charge is 2.34. The number of nitrogens with one attached hydrogen (secondary N) is 1. The normalized spacial score (nSPS) is 23.7. The molecular weight excluding hydrogens is 326 g/mol. The number of pyridine rings is 1. The monoisotopic (exact) mass is 353 g/mol. The molecule has 0 saturated carbocycles. The first kappa shape index (κ1) is 17.3. The largest absolute Gasteiger partial charge is 0.491 e. The van der Waals surface area contributed by atoms with Crippen LogP contribution in [0.4, 0.5) is 0 Å². The minimum absolute atomic E-state index is 0.0491. The van der Waals surface area contributed by atoms with E-state index in [0.29, 0.717) is 17.7 Å². The van der Waals surface area contributed by atoms with Crippen molar-refractivity contribution in [1.29, 1.82) is 0 Å². The molecule has 0 amide bonds. The molecule has 1 N–H and O–H groups in total. The molecule has 138 valence electrons. The van der Waals surface area contributed by atoms with Crippen LogP contribution >= 0.6 is 0 Å². The van der Waals surface area contributed by atoms with Gasteiger partial charge in [0, 0.05) is 56.7 Å². The number of fused-ring (bicyclic) bond motifs is 4. The summed E-state index contributed by atoms with van der Waals surface area (Å²) in [7, 11) is 1.53. The summed E-state index contributed by atoms with van der Waals surface area (Å²) in [6, 6.07) is 13.0. The second-order valence-corrected chi connectivity index (χ2v) is 7.60. The summed E-state index contributed by atoms with van der Waals surface area (Å²) in [5.41, 5.74) is 2.31. The Morgan fingerprint density at radius 3 is 2.73 bits per heavy atom. The molecule has 2 atom stereocenters. The van der Waals surface area contributed by atoms with Gasteiger partial charge in [0.2, 0.25) is 5.43 Å². The Balaban J connectivity index is 1.45. The Bertz CT molecular complexity index is 789. The minimum atomic E-state index is -0.0491. The number of aromatic amines is 1.